The standard InChI is InChI=1S/C32H50N2O8/c1-7-16-33-29(37)18-32(39)19-31(14-15-31)30(38)27(42-32)12-9-20(2)8-11-26-21(3)17-25(23(5)41-26)34-28(36)13-10-22(4)40-24(6)35/h8-10,12-13,21-23,25-27,30,38-39H,7,11,14-19H2,1-6H3,(H,33,37)(H,34,36)/b12-9+,13-10-,20-8+/t21-,22-,23+,25+,26-,27+,30+,32+/m0/s1. The van der Waals surface area contributed by atoms with Gasteiger partial charge in [0, 0.05) is 31.4 Å². The molecule has 2 amide bonds. The quantitative estimate of drug-likeness (QED) is 0.154. The minimum absolute atomic E-state index is 0.0194. The highest BCUT2D eigenvalue weighted by Gasteiger charge is 2.60. The lowest BCUT2D eigenvalue weighted by Crippen LogP contribution is -2.54. The highest BCUT2D eigenvalue weighted by Crippen LogP contribution is 2.59. The maximum absolute atomic E-state index is 12.4. The van der Waals surface area contributed by atoms with E-state index in [1.807, 2.05) is 26.8 Å². The van der Waals surface area contributed by atoms with Crippen LogP contribution in [0, 0.1) is 11.3 Å². The van der Waals surface area contributed by atoms with E-state index >= 15 is 0 Å². The van der Waals surface area contributed by atoms with Gasteiger partial charge in [-0.3, -0.25) is 14.4 Å². The molecule has 0 bridgehead atoms. The number of aliphatic hydroxyl groups is 2. The zero-order valence-corrected chi connectivity index (χ0v) is 25.9. The Morgan fingerprint density at radius 3 is 2.52 bits per heavy atom. The lowest BCUT2D eigenvalue weighted by Gasteiger charge is -2.44. The molecule has 10 heteroatoms. The topological polar surface area (TPSA) is 143 Å². The van der Waals surface area contributed by atoms with Crippen molar-refractivity contribution in [2.24, 2.45) is 11.3 Å². The molecule has 236 valence electrons. The monoisotopic (exact) mass is 590 g/mol. The molecule has 1 spiro atoms. The maximum atomic E-state index is 12.4. The van der Waals surface area contributed by atoms with E-state index < -0.39 is 35.5 Å². The van der Waals surface area contributed by atoms with Crippen LogP contribution in [0.15, 0.2) is 36.0 Å². The average molecular weight is 591 g/mol. The van der Waals surface area contributed by atoms with E-state index in [1.54, 1.807) is 19.1 Å². The number of hydrogen-bond acceptors (Lipinski definition) is 8. The van der Waals surface area contributed by atoms with Crippen molar-refractivity contribution in [1.29, 1.82) is 0 Å². The van der Waals surface area contributed by atoms with Gasteiger partial charge in [0.15, 0.2) is 5.79 Å². The summed E-state index contributed by atoms with van der Waals surface area (Å²) in [5.41, 5.74) is 0.561. The molecule has 1 saturated carbocycles. The number of rotatable bonds is 12. The smallest absolute Gasteiger partial charge is 0.303 e. The number of carbonyl (C=O) groups excluding carboxylic acids is 3. The van der Waals surface area contributed by atoms with Gasteiger partial charge in [-0.15, -0.1) is 0 Å². The van der Waals surface area contributed by atoms with Crippen LogP contribution >= 0.6 is 0 Å². The predicted molar refractivity (Wildman–Crippen MR) is 158 cm³/mol. The number of hydrogen-bond donors (Lipinski definition) is 4. The van der Waals surface area contributed by atoms with Crippen molar-refractivity contribution in [2.45, 2.75) is 129 Å². The summed E-state index contributed by atoms with van der Waals surface area (Å²) in [7, 11) is 0. The second kappa shape index (κ2) is 14.8. The molecule has 3 aliphatic rings. The molecule has 8 atom stereocenters. The fourth-order valence-electron chi connectivity index (χ4n) is 5.91. The molecular formula is C32H50N2O8. The van der Waals surface area contributed by atoms with Crippen LogP contribution < -0.4 is 10.6 Å². The van der Waals surface area contributed by atoms with E-state index in [1.165, 1.54) is 13.0 Å². The van der Waals surface area contributed by atoms with Crippen molar-refractivity contribution in [3.63, 3.8) is 0 Å². The molecule has 2 heterocycles. The molecule has 2 aliphatic heterocycles. The summed E-state index contributed by atoms with van der Waals surface area (Å²) in [6.07, 6.45) is 10.5. The number of amides is 2. The molecule has 0 radical (unpaired) electrons. The Hall–Kier alpha value is -2.53. The van der Waals surface area contributed by atoms with Crippen molar-refractivity contribution in [1.82, 2.24) is 10.6 Å². The number of aliphatic hydroxyl groups excluding tert-OH is 1. The Morgan fingerprint density at radius 1 is 1.17 bits per heavy atom. The van der Waals surface area contributed by atoms with Crippen LogP contribution in [0.5, 0.6) is 0 Å². The molecule has 42 heavy (non-hydrogen) atoms. The van der Waals surface area contributed by atoms with Gasteiger partial charge >= 0.3 is 5.97 Å². The zero-order chi connectivity index (χ0) is 31.1. The molecular weight excluding hydrogens is 540 g/mol. The molecule has 0 unspecified atom stereocenters. The molecule has 0 aromatic carbocycles. The van der Waals surface area contributed by atoms with Gasteiger partial charge < -0.3 is 35.1 Å². The zero-order valence-electron chi connectivity index (χ0n) is 25.9. The van der Waals surface area contributed by atoms with Crippen LogP contribution in [0.2, 0.25) is 0 Å². The van der Waals surface area contributed by atoms with Gasteiger partial charge in [-0.1, -0.05) is 37.6 Å². The van der Waals surface area contributed by atoms with Crippen molar-refractivity contribution < 1.29 is 38.8 Å². The van der Waals surface area contributed by atoms with Gasteiger partial charge in [-0.05, 0) is 64.9 Å². The van der Waals surface area contributed by atoms with Crippen LogP contribution in [-0.4, -0.2) is 76.9 Å². The van der Waals surface area contributed by atoms with Gasteiger partial charge in [-0.2, -0.15) is 0 Å². The maximum Gasteiger partial charge on any atom is 0.303 e. The normalized spacial score (nSPS) is 33.5. The number of nitrogens with one attached hydrogen (secondary N) is 2. The van der Waals surface area contributed by atoms with Gasteiger partial charge in [0.05, 0.1) is 30.8 Å². The van der Waals surface area contributed by atoms with E-state index in [9.17, 15) is 24.6 Å². The van der Waals surface area contributed by atoms with Crippen LogP contribution in [-0.2, 0) is 28.6 Å². The van der Waals surface area contributed by atoms with E-state index in [0.717, 1.165) is 31.3 Å². The third-order valence-electron chi connectivity index (χ3n) is 8.46. The molecule has 3 rings (SSSR count). The molecule has 1 aliphatic carbocycles. The summed E-state index contributed by atoms with van der Waals surface area (Å²) in [4.78, 5) is 35.7. The summed E-state index contributed by atoms with van der Waals surface area (Å²) < 4.78 is 17.2. The summed E-state index contributed by atoms with van der Waals surface area (Å²) in [5.74, 6) is -2.31. The van der Waals surface area contributed by atoms with Gasteiger partial charge in [0.25, 0.3) is 0 Å². The van der Waals surface area contributed by atoms with Crippen LogP contribution in [0.25, 0.3) is 0 Å². The van der Waals surface area contributed by atoms with Gasteiger partial charge in [0.1, 0.15) is 12.2 Å². The Morgan fingerprint density at radius 2 is 1.88 bits per heavy atom. The Bertz CT molecular complexity index is 1050. The van der Waals surface area contributed by atoms with Crippen LogP contribution in [0.3, 0.4) is 0 Å². The molecule has 10 nitrogen and oxygen atoms in total. The second-order valence-corrected chi connectivity index (χ2v) is 12.5. The van der Waals surface area contributed by atoms with E-state index in [0.29, 0.717) is 13.0 Å². The Balaban J connectivity index is 1.53. The predicted octanol–water partition coefficient (Wildman–Crippen LogP) is 3.22. The third-order valence-corrected chi connectivity index (χ3v) is 8.46. The SMILES string of the molecule is CCCNC(=O)C[C@]1(O)CC2(CC2)[C@H](O)[C@@H](/C=C/C(C)=C/C[C@@H]2O[C@H](C)[C@H](NC(=O)/C=C\[C@H](C)OC(C)=O)C[C@@H]2C)O1. The first-order valence-corrected chi connectivity index (χ1v) is 15.3. The first-order valence-electron chi connectivity index (χ1n) is 15.3. The first-order chi connectivity index (χ1) is 19.8. The molecule has 3 fully saturated rings. The highest BCUT2D eigenvalue weighted by atomic mass is 16.6. The number of carbonyl (C=O) groups is 3. The van der Waals surface area contributed by atoms with E-state index in [4.69, 9.17) is 14.2 Å². The van der Waals surface area contributed by atoms with E-state index in [-0.39, 0.29) is 48.8 Å². The summed E-state index contributed by atoms with van der Waals surface area (Å²) in [5, 5.41) is 27.9. The van der Waals surface area contributed by atoms with Crippen LogP contribution in [0.4, 0.5) is 0 Å². The fourth-order valence-corrected chi connectivity index (χ4v) is 5.91. The van der Waals surface area contributed by atoms with Gasteiger partial charge in [0.2, 0.25) is 11.8 Å². The minimum Gasteiger partial charge on any atom is -0.459 e. The molecule has 2 saturated heterocycles. The number of allylic oxidation sites excluding steroid dienone is 2. The molecule has 0 aromatic rings. The molecule has 4 N–H and O–H groups in total. The summed E-state index contributed by atoms with van der Waals surface area (Å²) in [6, 6.07) is -0.134. The van der Waals surface area contributed by atoms with Crippen molar-refractivity contribution in [3.05, 3.63) is 36.0 Å². The largest absolute Gasteiger partial charge is 0.459 e. The van der Waals surface area contributed by atoms with Crippen molar-refractivity contribution in [3.8, 4) is 0 Å². The lowest BCUT2D eigenvalue weighted by atomic mass is 9.82. The number of esters is 1. The molecule has 0 aromatic heterocycles. The Kier molecular flexibility index (Phi) is 11.9. The average Bonchev–Trinajstić information content (AvgIpc) is 3.67. The minimum atomic E-state index is -1.61. The summed E-state index contributed by atoms with van der Waals surface area (Å²) in [6.45, 7) is 11.5. The lowest BCUT2D eigenvalue weighted by molar-refractivity contribution is -0.285. The highest BCUT2D eigenvalue weighted by molar-refractivity contribution is 5.87. The third kappa shape index (κ3) is 9.76. The number of ether oxygens (including phenoxy) is 3. The first kappa shape index (κ1) is 34.0. The van der Waals surface area contributed by atoms with Gasteiger partial charge in [-0.25, -0.2) is 0 Å². The van der Waals surface area contributed by atoms with Crippen LogP contribution in [0.1, 0.15) is 86.5 Å². The Labute approximate surface area is 249 Å². The fraction of sp³-hybridized carbons (Fsp3) is 0.719. The van der Waals surface area contributed by atoms with Crippen molar-refractivity contribution in [2.75, 3.05) is 6.54 Å². The van der Waals surface area contributed by atoms with Crippen molar-refractivity contribution >= 4 is 17.8 Å². The summed E-state index contributed by atoms with van der Waals surface area (Å²) >= 11 is 0. The van der Waals surface area contributed by atoms with E-state index in [2.05, 4.69) is 23.6 Å². The second-order valence-electron chi connectivity index (χ2n) is 12.5.